The molecule has 164 valence electrons. The summed E-state index contributed by atoms with van der Waals surface area (Å²) in [6, 6.07) is 16.1. The lowest BCUT2D eigenvalue weighted by molar-refractivity contribution is -0.576. The maximum absolute atomic E-state index is 11.3. The van der Waals surface area contributed by atoms with Crippen LogP contribution in [-0.2, 0) is 6.61 Å². The summed E-state index contributed by atoms with van der Waals surface area (Å²) in [4.78, 5) is 0.294. The Bertz CT molecular complexity index is 1160. The standard InChI is InChI=1S/C24H22N2O5S/c1-29-19-7-5-18(6-8-19)25-24(32)22(26-10-2-3-16(14-26)15-27)23(28)17-4-9-20-21(13-17)31-12-11-30-20/h2-10,13-14,27H,11-12,15H2,1H3,(H-,25,28,32)/p+1. The van der Waals surface area contributed by atoms with Crippen molar-refractivity contribution >= 4 is 34.3 Å². The van der Waals surface area contributed by atoms with Gasteiger partial charge in [0.05, 0.1) is 13.7 Å². The van der Waals surface area contributed by atoms with Gasteiger partial charge in [0.2, 0.25) is 0 Å². The number of pyridine rings is 1. The topological polar surface area (TPSA) is 84.1 Å². The quantitative estimate of drug-likeness (QED) is 0.229. The monoisotopic (exact) mass is 451 g/mol. The largest absolute Gasteiger partial charge is 0.502 e. The SMILES string of the molecule is COc1ccc(NC(=S)/C(=C(\O)c2ccc3c(c2)OCCO3)[n+]2cccc(CO)c2)cc1. The lowest BCUT2D eigenvalue weighted by Crippen LogP contribution is -2.39. The normalized spacial score (nSPS) is 13.2. The number of aliphatic hydroxyl groups is 2. The van der Waals surface area contributed by atoms with E-state index in [1.807, 2.05) is 24.3 Å². The molecule has 1 aliphatic heterocycles. The average molecular weight is 452 g/mol. The van der Waals surface area contributed by atoms with Gasteiger partial charge in [0, 0.05) is 22.9 Å². The van der Waals surface area contributed by atoms with Crippen LogP contribution in [0.15, 0.2) is 67.0 Å². The molecule has 0 saturated carbocycles. The number of methoxy groups -OCH3 is 1. The summed E-state index contributed by atoms with van der Waals surface area (Å²) in [5.74, 6) is 1.86. The molecule has 7 nitrogen and oxygen atoms in total. The highest BCUT2D eigenvalue weighted by molar-refractivity contribution is 7.81. The zero-order valence-corrected chi connectivity index (χ0v) is 18.3. The number of aliphatic hydroxyl groups excluding tert-OH is 2. The fourth-order valence-corrected chi connectivity index (χ4v) is 3.62. The van der Waals surface area contributed by atoms with Crippen molar-refractivity contribution in [3.8, 4) is 17.2 Å². The molecule has 8 heteroatoms. The van der Waals surface area contributed by atoms with Crippen LogP contribution in [0.3, 0.4) is 0 Å². The Morgan fingerprint density at radius 3 is 2.56 bits per heavy atom. The summed E-state index contributed by atoms with van der Waals surface area (Å²) in [5, 5.41) is 24.0. The third kappa shape index (κ3) is 4.66. The van der Waals surface area contributed by atoms with Crippen molar-refractivity contribution < 1.29 is 29.0 Å². The summed E-state index contributed by atoms with van der Waals surface area (Å²) in [5.41, 5.74) is 2.28. The van der Waals surface area contributed by atoms with Crippen molar-refractivity contribution in [3.63, 3.8) is 0 Å². The molecule has 0 spiro atoms. The molecule has 4 rings (SSSR count). The van der Waals surface area contributed by atoms with Crippen LogP contribution in [0.1, 0.15) is 11.1 Å². The van der Waals surface area contributed by atoms with E-state index in [-0.39, 0.29) is 12.4 Å². The van der Waals surface area contributed by atoms with Gasteiger partial charge in [-0.1, -0.05) is 12.2 Å². The molecular weight excluding hydrogens is 428 g/mol. The number of aromatic nitrogens is 1. The number of hydrogen-bond acceptors (Lipinski definition) is 6. The minimum atomic E-state index is -0.141. The minimum Gasteiger partial charge on any atom is -0.502 e. The highest BCUT2D eigenvalue weighted by Crippen LogP contribution is 2.33. The third-order valence-electron chi connectivity index (χ3n) is 4.91. The van der Waals surface area contributed by atoms with Crippen molar-refractivity contribution in [1.82, 2.24) is 0 Å². The molecule has 0 saturated heterocycles. The van der Waals surface area contributed by atoms with E-state index in [1.54, 1.807) is 54.4 Å². The summed E-state index contributed by atoms with van der Waals surface area (Å²) in [6.07, 6.45) is 3.47. The first kappa shape index (κ1) is 21.6. The van der Waals surface area contributed by atoms with E-state index in [0.29, 0.717) is 46.5 Å². The second-order valence-corrected chi connectivity index (χ2v) is 7.42. The van der Waals surface area contributed by atoms with Crippen molar-refractivity contribution in [2.24, 2.45) is 0 Å². The number of ether oxygens (including phenoxy) is 3. The Balaban J connectivity index is 1.76. The smallest absolute Gasteiger partial charge is 0.288 e. The van der Waals surface area contributed by atoms with Gasteiger partial charge in [0.1, 0.15) is 19.0 Å². The molecule has 0 radical (unpaired) electrons. The second-order valence-electron chi connectivity index (χ2n) is 7.02. The van der Waals surface area contributed by atoms with Gasteiger partial charge in [-0.25, -0.2) is 0 Å². The molecule has 0 bridgehead atoms. The number of nitrogens with zero attached hydrogens (tertiary/aromatic N) is 1. The zero-order chi connectivity index (χ0) is 22.5. The maximum atomic E-state index is 11.3. The lowest BCUT2D eigenvalue weighted by atomic mass is 10.1. The Morgan fingerprint density at radius 2 is 1.84 bits per heavy atom. The van der Waals surface area contributed by atoms with E-state index < -0.39 is 0 Å². The van der Waals surface area contributed by atoms with Gasteiger partial charge < -0.3 is 29.7 Å². The van der Waals surface area contributed by atoms with Crippen LogP contribution in [0.2, 0.25) is 0 Å². The van der Waals surface area contributed by atoms with Crippen LogP contribution >= 0.6 is 12.2 Å². The van der Waals surface area contributed by atoms with Crippen molar-refractivity contribution in [3.05, 3.63) is 78.1 Å². The van der Waals surface area contributed by atoms with Crippen molar-refractivity contribution in [1.29, 1.82) is 0 Å². The van der Waals surface area contributed by atoms with Gasteiger partial charge in [-0.3, -0.25) is 0 Å². The van der Waals surface area contributed by atoms with Gasteiger partial charge in [-0.2, -0.15) is 4.57 Å². The van der Waals surface area contributed by atoms with E-state index >= 15 is 0 Å². The van der Waals surface area contributed by atoms with E-state index in [9.17, 15) is 10.2 Å². The molecule has 3 N–H and O–H groups in total. The van der Waals surface area contributed by atoms with Crippen LogP contribution in [-0.4, -0.2) is 35.5 Å². The van der Waals surface area contributed by atoms with Gasteiger partial charge in [-0.15, -0.1) is 0 Å². The Morgan fingerprint density at radius 1 is 1.09 bits per heavy atom. The molecule has 0 aliphatic carbocycles. The summed E-state index contributed by atoms with van der Waals surface area (Å²) in [6.45, 7) is 0.787. The average Bonchev–Trinajstić information content (AvgIpc) is 2.84. The number of hydrogen-bond donors (Lipinski definition) is 3. The first-order valence-corrected chi connectivity index (χ1v) is 10.4. The van der Waals surface area contributed by atoms with Crippen LogP contribution in [0, 0.1) is 0 Å². The Labute approximate surface area is 191 Å². The maximum Gasteiger partial charge on any atom is 0.288 e. The number of fused-ring (bicyclic) bond motifs is 1. The van der Waals surface area contributed by atoms with Crippen molar-refractivity contribution in [2.75, 3.05) is 25.6 Å². The molecule has 0 unspecified atom stereocenters. The molecule has 0 fully saturated rings. The summed E-state index contributed by atoms with van der Waals surface area (Å²) in [7, 11) is 1.60. The molecule has 1 aliphatic rings. The van der Waals surface area contributed by atoms with E-state index in [0.717, 1.165) is 11.4 Å². The number of benzene rings is 2. The Kier molecular flexibility index (Phi) is 6.53. The lowest BCUT2D eigenvalue weighted by Gasteiger charge is -2.19. The highest BCUT2D eigenvalue weighted by atomic mass is 32.1. The number of thiocarbonyl (C=S) groups is 1. The van der Waals surface area contributed by atoms with Crippen molar-refractivity contribution in [2.45, 2.75) is 6.61 Å². The predicted molar refractivity (Wildman–Crippen MR) is 125 cm³/mol. The molecule has 2 heterocycles. The first-order valence-electron chi connectivity index (χ1n) is 9.99. The van der Waals surface area contributed by atoms with Crippen LogP contribution in [0.5, 0.6) is 17.2 Å². The molecule has 0 amide bonds. The van der Waals surface area contributed by atoms with Crippen LogP contribution < -0.4 is 24.1 Å². The minimum absolute atomic E-state index is 0.0481. The molecule has 1 aromatic heterocycles. The number of nitrogens with one attached hydrogen (secondary N) is 1. The molecule has 32 heavy (non-hydrogen) atoms. The predicted octanol–water partition coefficient (Wildman–Crippen LogP) is 3.57. The fraction of sp³-hybridized carbons (Fsp3) is 0.167. The Hall–Kier alpha value is -3.62. The number of anilines is 1. The van der Waals surface area contributed by atoms with Gasteiger partial charge in [-0.05, 0) is 48.5 Å². The molecule has 0 atom stereocenters. The van der Waals surface area contributed by atoms with E-state index in [1.165, 1.54) is 0 Å². The van der Waals surface area contributed by atoms with E-state index in [4.69, 9.17) is 26.4 Å². The highest BCUT2D eigenvalue weighted by Gasteiger charge is 2.25. The van der Waals surface area contributed by atoms with Gasteiger partial charge in [0.25, 0.3) is 5.70 Å². The molecular formula is C24H23N2O5S+. The van der Waals surface area contributed by atoms with Crippen LogP contribution in [0.4, 0.5) is 5.69 Å². The molecule has 3 aromatic rings. The summed E-state index contributed by atoms with van der Waals surface area (Å²) < 4.78 is 18.1. The molecule has 2 aromatic carbocycles. The van der Waals surface area contributed by atoms with Crippen LogP contribution in [0.25, 0.3) is 11.5 Å². The second kappa shape index (κ2) is 9.67. The summed E-state index contributed by atoms with van der Waals surface area (Å²) >= 11 is 5.68. The fourth-order valence-electron chi connectivity index (χ4n) is 3.30. The van der Waals surface area contributed by atoms with Gasteiger partial charge in [0.15, 0.2) is 34.6 Å². The first-order chi connectivity index (χ1) is 15.6. The van der Waals surface area contributed by atoms with E-state index in [2.05, 4.69) is 5.32 Å². The number of rotatable bonds is 6. The van der Waals surface area contributed by atoms with Gasteiger partial charge >= 0.3 is 0 Å². The third-order valence-corrected chi connectivity index (χ3v) is 5.20. The zero-order valence-electron chi connectivity index (χ0n) is 17.4.